The van der Waals surface area contributed by atoms with E-state index in [2.05, 4.69) is 10.00 Å². The molecule has 0 bridgehead atoms. The number of aryl methyl sites for hydroxylation is 1. The molecule has 1 aliphatic rings. The summed E-state index contributed by atoms with van der Waals surface area (Å²) in [4.78, 5) is 2.37. The second kappa shape index (κ2) is 9.81. The molecule has 0 radical (unpaired) electrons. The van der Waals surface area contributed by atoms with E-state index in [4.69, 9.17) is 0 Å². The predicted molar refractivity (Wildman–Crippen MR) is 142 cm³/mol. The van der Waals surface area contributed by atoms with Crippen LogP contribution >= 0.6 is 0 Å². The van der Waals surface area contributed by atoms with Crippen LogP contribution in [-0.2, 0) is 12.1 Å². The quantitative estimate of drug-likeness (QED) is 0.245. The van der Waals surface area contributed by atoms with Gasteiger partial charge in [-0.15, -0.1) is 0 Å². The number of nitrogens with zero attached hydrogens (tertiary/aromatic N) is 4. The van der Waals surface area contributed by atoms with Crippen LogP contribution in [0, 0.1) is 5.82 Å². The van der Waals surface area contributed by atoms with Crippen LogP contribution in [0.3, 0.4) is 0 Å². The molecule has 6 rings (SSSR count). The molecule has 1 N–H and O–H groups in total. The van der Waals surface area contributed by atoms with Crippen LogP contribution in [-0.4, -0.2) is 50.2 Å². The molecule has 202 valence electrons. The standard InChI is InChI=1S/C30H28F4N4O/c31-23-9-11-24(12-10-23)38-27-13-8-22(18-21(27)19-35-38)29(39,30(32,33)34)26-20-37(28-7-2-1-6-25(26)28)17-5-16-36-14-3-4-15-36/h1-2,6-13,18-20,39H,3-5,14-17H2. The molecule has 5 nitrogen and oxygen atoms in total. The van der Waals surface area contributed by atoms with E-state index in [9.17, 15) is 22.7 Å². The fourth-order valence-corrected chi connectivity index (χ4v) is 5.71. The third-order valence-corrected chi connectivity index (χ3v) is 7.72. The van der Waals surface area contributed by atoms with Gasteiger partial charge in [0.05, 0.1) is 17.4 Å². The molecule has 1 fully saturated rings. The largest absolute Gasteiger partial charge is 0.425 e. The molecule has 0 saturated carbocycles. The third-order valence-electron chi connectivity index (χ3n) is 7.72. The lowest BCUT2D eigenvalue weighted by Gasteiger charge is -2.31. The van der Waals surface area contributed by atoms with Crippen LogP contribution in [0.25, 0.3) is 27.5 Å². The van der Waals surface area contributed by atoms with Crippen LogP contribution in [0.5, 0.6) is 0 Å². The van der Waals surface area contributed by atoms with Gasteiger partial charge in [0, 0.05) is 34.6 Å². The minimum atomic E-state index is -4.99. The van der Waals surface area contributed by atoms with Crippen molar-refractivity contribution >= 4 is 21.8 Å². The summed E-state index contributed by atoms with van der Waals surface area (Å²) >= 11 is 0. The minimum Gasteiger partial charge on any atom is -0.372 e. The second-order valence-electron chi connectivity index (χ2n) is 10.2. The second-order valence-corrected chi connectivity index (χ2v) is 10.2. The molecule has 1 unspecified atom stereocenters. The molecule has 1 aliphatic heterocycles. The van der Waals surface area contributed by atoms with Crippen LogP contribution < -0.4 is 0 Å². The van der Waals surface area contributed by atoms with Gasteiger partial charge in [-0.1, -0.05) is 24.3 Å². The predicted octanol–water partition coefficient (Wildman–Crippen LogP) is 6.40. The number of rotatable bonds is 7. The van der Waals surface area contributed by atoms with Crippen molar-refractivity contribution in [2.24, 2.45) is 0 Å². The van der Waals surface area contributed by atoms with Crippen molar-refractivity contribution in [2.75, 3.05) is 19.6 Å². The van der Waals surface area contributed by atoms with Gasteiger partial charge in [-0.25, -0.2) is 9.07 Å². The van der Waals surface area contributed by atoms with Gasteiger partial charge in [0.1, 0.15) is 5.82 Å². The molecular weight excluding hydrogens is 508 g/mol. The zero-order valence-electron chi connectivity index (χ0n) is 21.2. The average Bonchev–Trinajstić information content (AvgIpc) is 3.67. The van der Waals surface area contributed by atoms with Crippen molar-refractivity contribution in [3.05, 3.63) is 96.1 Å². The first-order valence-electron chi connectivity index (χ1n) is 13.1. The Balaban J connectivity index is 1.41. The van der Waals surface area contributed by atoms with Crippen molar-refractivity contribution in [3.63, 3.8) is 0 Å². The fraction of sp³-hybridized carbons (Fsp3) is 0.300. The Bertz CT molecular complexity index is 1620. The number of hydrogen-bond acceptors (Lipinski definition) is 3. The molecular formula is C30H28F4N4O. The lowest BCUT2D eigenvalue weighted by molar-refractivity contribution is -0.247. The third kappa shape index (κ3) is 4.49. The summed E-state index contributed by atoms with van der Waals surface area (Å²) in [6.07, 6.45) is 1.08. The molecule has 2 aromatic heterocycles. The summed E-state index contributed by atoms with van der Waals surface area (Å²) in [6.45, 7) is 3.56. The van der Waals surface area contributed by atoms with Crippen LogP contribution in [0.15, 0.2) is 79.1 Å². The highest BCUT2D eigenvalue weighted by atomic mass is 19.4. The zero-order chi connectivity index (χ0) is 27.2. The van der Waals surface area contributed by atoms with E-state index in [0.717, 1.165) is 26.1 Å². The molecule has 0 spiro atoms. The maximum atomic E-state index is 14.9. The molecule has 0 amide bonds. The number of likely N-dealkylation sites (tertiary alicyclic amines) is 1. The fourth-order valence-electron chi connectivity index (χ4n) is 5.71. The lowest BCUT2D eigenvalue weighted by atomic mass is 9.85. The number of benzene rings is 3. The molecule has 1 atom stereocenters. The Labute approximate surface area is 222 Å². The van der Waals surface area contributed by atoms with Gasteiger partial charge in [-0.3, -0.25) is 0 Å². The SMILES string of the molecule is OC(c1ccc2c(cnn2-c2ccc(F)cc2)c1)(c1cn(CCCN2CCCC2)c2ccccc12)C(F)(F)F. The van der Waals surface area contributed by atoms with Crippen molar-refractivity contribution in [2.45, 2.75) is 37.6 Å². The summed E-state index contributed by atoms with van der Waals surface area (Å²) in [5.74, 6) is -0.400. The number of alkyl halides is 3. The Morgan fingerprint density at radius 1 is 0.872 bits per heavy atom. The van der Waals surface area contributed by atoms with Gasteiger partial charge in [-0.05, 0) is 86.9 Å². The normalized spacial score (nSPS) is 16.3. The molecule has 1 saturated heterocycles. The van der Waals surface area contributed by atoms with Gasteiger partial charge in [0.15, 0.2) is 0 Å². The first-order chi connectivity index (χ1) is 18.8. The van der Waals surface area contributed by atoms with E-state index in [1.165, 1.54) is 60.2 Å². The molecule has 3 heterocycles. The average molecular weight is 537 g/mol. The van der Waals surface area contributed by atoms with Gasteiger partial charge in [0.2, 0.25) is 5.60 Å². The van der Waals surface area contributed by atoms with Crippen molar-refractivity contribution in [1.29, 1.82) is 0 Å². The zero-order valence-corrected chi connectivity index (χ0v) is 21.2. The molecule has 3 aromatic carbocycles. The van der Waals surface area contributed by atoms with Crippen LogP contribution in [0.4, 0.5) is 17.6 Å². The summed E-state index contributed by atoms with van der Waals surface area (Å²) in [7, 11) is 0. The van der Waals surface area contributed by atoms with Gasteiger partial charge in [-0.2, -0.15) is 18.3 Å². The van der Waals surface area contributed by atoms with Gasteiger partial charge in [0.25, 0.3) is 0 Å². The van der Waals surface area contributed by atoms with E-state index in [0.29, 0.717) is 34.0 Å². The van der Waals surface area contributed by atoms with E-state index in [-0.39, 0.29) is 11.1 Å². The molecule has 0 aliphatic carbocycles. The Morgan fingerprint density at radius 2 is 1.62 bits per heavy atom. The highest BCUT2D eigenvalue weighted by molar-refractivity contribution is 5.87. The van der Waals surface area contributed by atoms with E-state index in [1.807, 2.05) is 4.57 Å². The summed E-state index contributed by atoms with van der Waals surface area (Å²) in [5, 5.41) is 16.7. The van der Waals surface area contributed by atoms with Crippen LogP contribution in [0.2, 0.25) is 0 Å². The number of para-hydroxylation sites is 1. The van der Waals surface area contributed by atoms with Gasteiger partial charge >= 0.3 is 6.18 Å². The number of aliphatic hydroxyl groups is 1. The maximum Gasteiger partial charge on any atom is 0.425 e. The first-order valence-corrected chi connectivity index (χ1v) is 13.1. The monoisotopic (exact) mass is 536 g/mol. The van der Waals surface area contributed by atoms with E-state index >= 15 is 0 Å². The lowest BCUT2D eigenvalue weighted by Crippen LogP contribution is -2.43. The Morgan fingerprint density at radius 3 is 2.36 bits per heavy atom. The van der Waals surface area contributed by atoms with Crippen molar-refractivity contribution in [3.8, 4) is 5.69 Å². The maximum absolute atomic E-state index is 14.9. The first kappa shape index (κ1) is 25.6. The summed E-state index contributed by atoms with van der Waals surface area (Å²) in [6, 6.07) is 16.7. The summed E-state index contributed by atoms with van der Waals surface area (Å²) in [5.41, 5.74) is -1.96. The highest BCUT2D eigenvalue weighted by Gasteiger charge is 2.57. The van der Waals surface area contributed by atoms with E-state index in [1.54, 1.807) is 36.4 Å². The van der Waals surface area contributed by atoms with Crippen LogP contribution in [0.1, 0.15) is 30.4 Å². The smallest absolute Gasteiger partial charge is 0.372 e. The topological polar surface area (TPSA) is 46.2 Å². The Kier molecular flexibility index (Phi) is 6.43. The molecule has 9 heteroatoms. The molecule has 5 aromatic rings. The Hall–Kier alpha value is -3.69. The van der Waals surface area contributed by atoms with Gasteiger partial charge < -0.3 is 14.6 Å². The number of hydrogen-bond donors (Lipinski definition) is 1. The number of aromatic nitrogens is 3. The highest BCUT2D eigenvalue weighted by Crippen LogP contribution is 2.47. The molecule has 39 heavy (non-hydrogen) atoms. The van der Waals surface area contributed by atoms with E-state index < -0.39 is 17.6 Å². The van der Waals surface area contributed by atoms with Crippen molar-refractivity contribution < 1.29 is 22.7 Å². The minimum absolute atomic E-state index is 0.197. The van der Waals surface area contributed by atoms with Crippen molar-refractivity contribution in [1.82, 2.24) is 19.2 Å². The summed E-state index contributed by atoms with van der Waals surface area (Å²) < 4.78 is 61.3. The number of halogens is 4. The number of fused-ring (bicyclic) bond motifs is 2.